The molecule has 0 aromatic heterocycles. The molecule has 0 fully saturated rings. The summed E-state index contributed by atoms with van der Waals surface area (Å²) in [5.41, 5.74) is 5.93. The van der Waals surface area contributed by atoms with Crippen molar-refractivity contribution in [2.45, 2.75) is 24.4 Å². The fraction of sp³-hybridized carbons (Fsp3) is 0.417. The number of anilines is 1. The Morgan fingerprint density at radius 3 is 1.55 bits per heavy atom. The van der Waals surface area contributed by atoms with Gasteiger partial charge in [-0.25, -0.2) is 0 Å². The van der Waals surface area contributed by atoms with Crippen LogP contribution in [0.2, 0.25) is 0 Å². The van der Waals surface area contributed by atoms with Crippen LogP contribution in [0.1, 0.15) is 44.1 Å². The maximum absolute atomic E-state index is 11.8. The van der Waals surface area contributed by atoms with E-state index in [0.717, 1.165) is 12.1 Å². The van der Waals surface area contributed by atoms with Crippen molar-refractivity contribution in [3.63, 3.8) is 0 Å². The van der Waals surface area contributed by atoms with Crippen LogP contribution in [-0.4, -0.2) is 109 Å². The zero-order valence-corrected chi connectivity index (χ0v) is 21.3. The highest BCUT2D eigenvalue weighted by Gasteiger charge is 2.18. The van der Waals surface area contributed by atoms with E-state index >= 15 is 0 Å². The number of hydrogen-bond acceptors (Lipinski definition) is 13. The third kappa shape index (κ3) is 11.2. The minimum absolute atomic E-state index is 0.0274. The number of rotatable bonds is 13. The van der Waals surface area contributed by atoms with E-state index in [0.29, 0.717) is 5.56 Å². The summed E-state index contributed by atoms with van der Waals surface area (Å²) >= 11 is 0. The molecule has 2 aromatic carbocycles. The zero-order chi connectivity index (χ0) is 30.4. The molecule has 40 heavy (non-hydrogen) atoms. The van der Waals surface area contributed by atoms with E-state index in [1.807, 2.05) is 0 Å². The van der Waals surface area contributed by atoms with Gasteiger partial charge in [-0.15, -0.1) is 0 Å². The monoisotopic (exact) mass is 570 g/mol. The minimum Gasteiger partial charge on any atom is -0.399 e. The number of aliphatic hydroxyl groups excluding tert-OH is 8. The second-order valence-corrected chi connectivity index (χ2v) is 8.45. The number of benzene rings is 2. The standard InChI is InChI=1S/C12H16N2O7.C12H18N2O5/c15-5-10(17)4-13-12(19)8-1-7(11(18)6-16)2-9(3-8)14(20)21;13-9-2-7(11(18)6-16)1-8(3-9)12(19)14-4-10(17)5-15/h1-3,10-11,15-18H,4-6H2,(H,13,19);1-3,10-11,15-18H,4-6,13H2,(H,14,19). The number of nitro groups is 1. The molecule has 4 unspecified atom stereocenters. The molecule has 0 aliphatic rings. The van der Waals surface area contributed by atoms with Gasteiger partial charge in [0.1, 0.15) is 12.2 Å². The predicted octanol–water partition coefficient (Wildman–Crippen LogP) is -2.92. The van der Waals surface area contributed by atoms with E-state index in [-0.39, 0.29) is 35.5 Å². The molecule has 0 aliphatic heterocycles. The fourth-order valence-electron chi connectivity index (χ4n) is 3.03. The number of non-ortho nitro benzene ring substituents is 1. The van der Waals surface area contributed by atoms with Crippen molar-refractivity contribution in [2.75, 3.05) is 45.3 Å². The Kier molecular flexibility index (Phi) is 14.6. The molecule has 0 saturated heterocycles. The molecule has 0 radical (unpaired) electrons. The molecule has 2 aromatic rings. The zero-order valence-electron chi connectivity index (χ0n) is 21.3. The topological polar surface area (TPSA) is 289 Å². The van der Waals surface area contributed by atoms with Crippen molar-refractivity contribution >= 4 is 23.2 Å². The van der Waals surface area contributed by atoms with Crippen molar-refractivity contribution in [2.24, 2.45) is 0 Å². The van der Waals surface area contributed by atoms with Gasteiger partial charge in [-0.05, 0) is 35.4 Å². The van der Waals surface area contributed by atoms with E-state index in [4.69, 9.17) is 36.4 Å². The number of carbonyl (C=O) groups is 2. The predicted molar refractivity (Wildman–Crippen MR) is 139 cm³/mol. The van der Waals surface area contributed by atoms with Gasteiger partial charge in [-0.3, -0.25) is 19.7 Å². The molecule has 222 valence electrons. The molecule has 12 N–H and O–H groups in total. The van der Waals surface area contributed by atoms with Crippen LogP contribution in [0.3, 0.4) is 0 Å². The van der Waals surface area contributed by atoms with E-state index in [9.17, 15) is 29.9 Å². The van der Waals surface area contributed by atoms with Crippen LogP contribution in [0.15, 0.2) is 36.4 Å². The first-order valence-corrected chi connectivity index (χ1v) is 11.8. The SMILES string of the molecule is Nc1cc(C(=O)NCC(O)CO)cc(C(O)CO)c1.O=C(NCC(O)CO)c1cc(C(O)CO)cc([N+](=O)[O-])c1. The van der Waals surface area contributed by atoms with Gasteiger partial charge in [0.2, 0.25) is 0 Å². The summed E-state index contributed by atoms with van der Waals surface area (Å²) in [6.07, 6.45) is -4.64. The highest BCUT2D eigenvalue weighted by Crippen LogP contribution is 2.22. The number of carbonyl (C=O) groups excluding carboxylic acids is 2. The summed E-state index contributed by atoms with van der Waals surface area (Å²) in [5, 5.41) is 87.8. The molecule has 0 heterocycles. The fourth-order valence-corrected chi connectivity index (χ4v) is 3.03. The Labute approximate surface area is 228 Å². The van der Waals surface area contributed by atoms with Crippen LogP contribution in [0, 0.1) is 10.1 Å². The maximum Gasteiger partial charge on any atom is 0.270 e. The molecule has 2 rings (SSSR count). The smallest absolute Gasteiger partial charge is 0.270 e. The molecule has 0 bridgehead atoms. The number of hydrogen-bond donors (Lipinski definition) is 11. The lowest BCUT2D eigenvalue weighted by molar-refractivity contribution is -0.385. The molecule has 16 heteroatoms. The number of aliphatic hydroxyl groups is 8. The van der Waals surface area contributed by atoms with Crippen LogP contribution in [0.5, 0.6) is 0 Å². The van der Waals surface area contributed by atoms with Gasteiger partial charge in [0.05, 0.1) is 43.6 Å². The number of nitrogens with two attached hydrogens (primary N) is 1. The van der Waals surface area contributed by atoms with E-state index in [1.54, 1.807) is 0 Å². The molecule has 2 amide bonds. The lowest BCUT2D eigenvalue weighted by Crippen LogP contribution is -2.34. The second-order valence-electron chi connectivity index (χ2n) is 8.45. The lowest BCUT2D eigenvalue weighted by atomic mass is 10.0. The summed E-state index contributed by atoms with van der Waals surface area (Å²) in [5.74, 6) is -1.20. The van der Waals surface area contributed by atoms with Gasteiger partial charge in [-0.2, -0.15) is 0 Å². The van der Waals surface area contributed by atoms with E-state index in [2.05, 4.69) is 10.6 Å². The van der Waals surface area contributed by atoms with Crippen molar-refractivity contribution in [3.8, 4) is 0 Å². The van der Waals surface area contributed by atoms with E-state index in [1.165, 1.54) is 24.3 Å². The van der Waals surface area contributed by atoms with Crippen LogP contribution in [0.25, 0.3) is 0 Å². The first-order valence-electron chi connectivity index (χ1n) is 11.8. The molecule has 0 saturated carbocycles. The molecule has 0 spiro atoms. The third-order valence-corrected chi connectivity index (χ3v) is 5.19. The molecule has 4 atom stereocenters. The van der Waals surface area contributed by atoms with Gasteiger partial charge < -0.3 is 57.2 Å². The first-order chi connectivity index (χ1) is 18.9. The maximum atomic E-state index is 11.8. The molecule has 16 nitrogen and oxygen atoms in total. The average Bonchev–Trinajstić information content (AvgIpc) is 2.96. The Hall–Kier alpha value is -3.74. The van der Waals surface area contributed by atoms with Gasteiger partial charge in [-0.1, -0.05) is 0 Å². The van der Waals surface area contributed by atoms with Crippen LogP contribution in [-0.2, 0) is 0 Å². The van der Waals surface area contributed by atoms with E-state index < -0.39 is 73.3 Å². The van der Waals surface area contributed by atoms with Gasteiger partial charge in [0, 0.05) is 42.0 Å². The van der Waals surface area contributed by atoms with Gasteiger partial charge in [0.15, 0.2) is 0 Å². The summed E-state index contributed by atoms with van der Waals surface area (Å²) in [4.78, 5) is 33.7. The Morgan fingerprint density at radius 2 is 1.15 bits per heavy atom. The van der Waals surface area contributed by atoms with Crippen molar-refractivity contribution in [3.05, 3.63) is 68.8 Å². The molecular weight excluding hydrogens is 536 g/mol. The summed E-state index contributed by atoms with van der Waals surface area (Å²) in [6.45, 7) is -2.44. The number of nitrogens with one attached hydrogen (secondary N) is 2. The molecule has 0 aliphatic carbocycles. The van der Waals surface area contributed by atoms with Crippen LogP contribution in [0.4, 0.5) is 11.4 Å². The Morgan fingerprint density at radius 1 is 0.725 bits per heavy atom. The average molecular weight is 571 g/mol. The minimum atomic E-state index is -1.35. The Balaban J connectivity index is 0.000000402. The second kappa shape index (κ2) is 17.1. The number of nitrogen functional groups attached to an aromatic ring is 1. The van der Waals surface area contributed by atoms with Gasteiger partial charge >= 0.3 is 0 Å². The Bertz CT molecular complexity index is 1130. The van der Waals surface area contributed by atoms with Crippen molar-refractivity contribution in [1.29, 1.82) is 0 Å². The summed E-state index contributed by atoms with van der Waals surface area (Å²) < 4.78 is 0. The highest BCUT2D eigenvalue weighted by molar-refractivity contribution is 5.95. The first kappa shape index (κ1) is 34.3. The van der Waals surface area contributed by atoms with Crippen LogP contribution >= 0.6 is 0 Å². The number of nitro benzene ring substituents is 1. The third-order valence-electron chi connectivity index (χ3n) is 5.19. The van der Waals surface area contributed by atoms with Crippen molar-refractivity contribution in [1.82, 2.24) is 10.6 Å². The number of amides is 2. The highest BCUT2D eigenvalue weighted by atomic mass is 16.6. The molecular formula is C24H34N4O12. The summed E-state index contributed by atoms with van der Waals surface area (Å²) in [6, 6.07) is 7.54. The summed E-state index contributed by atoms with van der Waals surface area (Å²) in [7, 11) is 0. The number of nitrogens with zero attached hydrogens (tertiary/aromatic N) is 1. The van der Waals surface area contributed by atoms with Crippen molar-refractivity contribution < 1.29 is 55.4 Å². The quantitative estimate of drug-likeness (QED) is 0.0654. The lowest BCUT2D eigenvalue weighted by Gasteiger charge is -2.12. The van der Waals surface area contributed by atoms with Gasteiger partial charge in [0.25, 0.3) is 17.5 Å². The normalized spacial score (nSPS) is 13.7. The van der Waals surface area contributed by atoms with Crippen LogP contribution < -0.4 is 16.4 Å². The largest absolute Gasteiger partial charge is 0.399 e.